The van der Waals surface area contributed by atoms with Crippen LogP contribution in [0.15, 0.2) is 156 Å². The number of nitrogens with zero attached hydrogens (tertiary/aromatic N) is 4. The Kier molecular flexibility index (Phi) is 13.0. The number of imidazole rings is 1. The smallest absolute Gasteiger partial charge is 0.120 e. The van der Waals surface area contributed by atoms with Crippen molar-refractivity contribution in [1.82, 2.24) is 19.5 Å². The van der Waals surface area contributed by atoms with Gasteiger partial charge in [0.15, 0.2) is 0 Å². The molecule has 5 nitrogen and oxygen atoms in total. The fraction of sp³-hybridized carbons (Fsp3) is 0.190. The number of para-hydroxylation sites is 1. The zero-order chi connectivity index (χ0) is 44.7. The van der Waals surface area contributed by atoms with Gasteiger partial charge in [-0.2, -0.15) is 0 Å². The van der Waals surface area contributed by atoms with Gasteiger partial charge in [-0.3, -0.25) is 9.97 Å². The van der Waals surface area contributed by atoms with Crippen LogP contribution < -0.4 is 5.19 Å². The van der Waals surface area contributed by atoms with Crippen molar-refractivity contribution in [1.29, 1.82) is 0 Å². The molecular weight excluding hydrogens is 989 g/mol. The Morgan fingerprint density at radius 1 is 0.615 bits per heavy atom. The summed E-state index contributed by atoms with van der Waals surface area (Å²) in [6.07, 6.45) is 2.05. The number of hydrogen-bond donors (Lipinski definition) is 0. The van der Waals surface area contributed by atoms with E-state index in [1.807, 2.05) is 42.5 Å². The first-order valence-corrected chi connectivity index (χ1v) is 25.8. The molecule has 0 saturated heterocycles. The first-order valence-electron chi connectivity index (χ1n) is 22.3. The molecule has 0 saturated carbocycles. The van der Waals surface area contributed by atoms with Crippen molar-refractivity contribution in [3.8, 4) is 50.7 Å². The van der Waals surface area contributed by atoms with Crippen molar-refractivity contribution in [3.05, 3.63) is 186 Å². The van der Waals surface area contributed by atoms with E-state index < -0.39 is 8.07 Å². The average molecular weight is 1040 g/mol. The standard InChI is InChI=1S/C43H36N3O.C15H18NSi.Ir/c1-26(2)35-23-31(29-15-8-6-9-16-29)24-36(27(3)4)41(35)46-38-25-37(30-17-10-7-11-18-30)44-28(5)40(38)45-43(46)34-21-14-20-33-32-19-12-13-22-39(32)47-42(33)34;1-12-10-14(13-8-6-5-7-9-13)16-11-15(12)17(2,3)4;/h6-20,22-27H,1-5H3;5-8,10-11H,1-4H3;/q2*-1;. The molecule has 65 heavy (non-hydrogen) atoms. The first-order chi connectivity index (χ1) is 30.9. The third-order valence-electron chi connectivity index (χ3n) is 12.1. The molecule has 327 valence electrons. The first kappa shape index (κ1) is 45.3. The minimum absolute atomic E-state index is 0. The minimum atomic E-state index is -1.27. The van der Waals surface area contributed by atoms with E-state index in [4.69, 9.17) is 14.4 Å². The second kappa shape index (κ2) is 18.7. The number of furan rings is 1. The maximum atomic E-state index is 6.58. The predicted molar refractivity (Wildman–Crippen MR) is 270 cm³/mol. The van der Waals surface area contributed by atoms with Gasteiger partial charge in [0, 0.05) is 42.9 Å². The van der Waals surface area contributed by atoms with E-state index in [1.54, 1.807) is 0 Å². The molecule has 0 aliphatic carbocycles. The van der Waals surface area contributed by atoms with Crippen LogP contribution in [-0.2, 0) is 20.1 Å². The maximum absolute atomic E-state index is 6.58. The van der Waals surface area contributed by atoms with Gasteiger partial charge in [0.2, 0.25) is 0 Å². The van der Waals surface area contributed by atoms with E-state index in [1.165, 1.54) is 38.7 Å². The predicted octanol–water partition coefficient (Wildman–Crippen LogP) is 15.1. The van der Waals surface area contributed by atoms with Gasteiger partial charge in [0.25, 0.3) is 0 Å². The Morgan fingerprint density at radius 3 is 1.89 bits per heavy atom. The summed E-state index contributed by atoms with van der Waals surface area (Å²) in [6, 6.07) is 57.3. The van der Waals surface area contributed by atoms with Crippen LogP contribution in [0.3, 0.4) is 0 Å². The SMILES string of the molecule is Cc1cc(-c2[c-]cccc2)ncc1[Si](C)(C)C.Cc1nc(-c2ccccc2)cc2c1nc(-c1[c-]ccc3c1oc1ccccc13)n2-c1c(C(C)C)cc(-c2ccccc2)cc1C(C)C.[Ir]. The Bertz CT molecular complexity index is 3250. The van der Waals surface area contributed by atoms with Crippen LogP contribution in [0.4, 0.5) is 0 Å². The quantitative estimate of drug-likeness (QED) is 0.112. The third-order valence-corrected chi connectivity index (χ3v) is 14.2. The van der Waals surface area contributed by atoms with E-state index >= 15 is 0 Å². The van der Waals surface area contributed by atoms with Crippen molar-refractivity contribution in [2.24, 2.45) is 0 Å². The molecule has 10 aromatic rings. The molecule has 0 aliphatic rings. The number of hydrogen-bond acceptors (Lipinski definition) is 4. The summed E-state index contributed by atoms with van der Waals surface area (Å²) >= 11 is 0. The van der Waals surface area contributed by atoms with Gasteiger partial charge in [0.1, 0.15) is 5.58 Å². The molecule has 0 bridgehead atoms. The number of fused-ring (bicyclic) bond motifs is 4. The zero-order valence-electron chi connectivity index (χ0n) is 38.6. The molecule has 0 N–H and O–H groups in total. The van der Waals surface area contributed by atoms with Crippen LogP contribution in [0, 0.1) is 26.0 Å². The number of benzene rings is 6. The molecule has 4 heterocycles. The van der Waals surface area contributed by atoms with Gasteiger partial charge < -0.3 is 14.0 Å². The van der Waals surface area contributed by atoms with Gasteiger partial charge in [0.05, 0.1) is 41.9 Å². The van der Waals surface area contributed by atoms with Gasteiger partial charge in [-0.15, -0.1) is 54.1 Å². The molecule has 0 unspecified atom stereocenters. The average Bonchev–Trinajstić information content (AvgIpc) is 3.88. The van der Waals surface area contributed by atoms with Crippen molar-refractivity contribution >= 4 is 46.2 Å². The monoisotopic (exact) mass is 1040 g/mol. The minimum Gasteiger partial charge on any atom is -0.501 e. The summed E-state index contributed by atoms with van der Waals surface area (Å²) in [4.78, 5) is 15.1. The molecule has 7 heteroatoms. The van der Waals surface area contributed by atoms with Crippen LogP contribution in [-0.4, -0.2) is 27.6 Å². The van der Waals surface area contributed by atoms with Crippen molar-refractivity contribution in [3.63, 3.8) is 0 Å². The molecule has 0 amide bonds. The molecule has 0 aliphatic heterocycles. The largest absolute Gasteiger partial charge is 0.501 e. The van der Waals surface area contributed by atoms with Gasteiger partial charge in [-0.1, -0.05) is 149 Å². The van der Waals surface area contributed by atoms with E-state index in [9.17, 15) is 0 Å². The van der Waals surface area contributed by atoms with E-state index in [-0.39, 0.29) is 31.9 Å². The summed E-state index contributed by atoms with van der Waals surface area (Å²) in [5, 5.41) is 3.58. The summed E-state index contributed by atoms with van der Waals surface area (Å²) < 4.78 is 8.95. The van der Waals surface area contributed by atoms with Gasteiger partial charge >= 0.3 is 0 Å². The number of aryl methyl sites for hydroxylation is 2. The topological polar surface area (TPSA) is 56.7 Å². The fourth-order valence-corrected chi connectivity index (χ4v) is 10.6. The number of pyridine rings is 2. The summed E-state index contributed by atoms with van der Waals surface area (Å²) in [5.74, 6) is 1.30. The normalized spacial score (nSPS) is 11.6. The van der Waals surface area contributed by atoms with E-state index in [2.05, 4.69) is 192 Å². The van der Waals surface area contributed by atoms with Crippen molar-refractivity contribution in [2.75, 3.05) is 0 Å². The molecule has 0 fully saturated rings. The second-order valence-corrected chi connectivity index (χ2v) is 23.4. The third kappa shape index (κ3) is 8.94. The maximum Gasteiger partial charge on any atom is 0.120 e. The number of aromatic nitrogens is 4. The molecule has 0 atom stereocenters. The van der Waals surface area contributed by atoms with Crippen molar-refractivity contribution in [2.45, 2.75) is 73.0 Å². The molecule has 10 rings (SSSR count). The van der Waals surface area contributed by atoms with Crippen LogP contribution in [0.25, 0.3) is 83.7 Å². The second-order valence-electron chi connectivity index (χ2n) is 18.4. The Hall–Kier alpha value is -6.24. The Labute approximate surface area is 398 Å². The molecule has 4 aromatic heterocycles. The van der Waals surface area contributed by atoms with Crippen molar-refractivity contribution < 1.29 is 24.5 Å². The van der Waals surface area contributed by atoms with Gasteiger partial charge in [-0.05, 0) is 83.1 Å². The fourth-order valence-electron chi connectivity index (χ4n) is 8.89. The summed E-state index contributed by atoms with van der Waals surface area (Å²) in [7, 11) is -1.27. The van der Waals surface area contributed by atoms with Crippen LogP contribution >= 0.6 is 0 Å². The Balaban J connectivity index is 0.000000270. The Morgan fingerprint density at radius 2 is 1.26 bits per heavy atom. The van der Waals surface area contributed by atoms with Crippen LogP contribution in [0.2, 0.25) is 19.6 Å². The molecule has 6 aromatic carbocycles. The van der Waals surface area contributed by atoms with E-state index in [0.717, 1.165) is 72.6 Å². The number of rotatable bonds is 8. The van der Waals surface area contributed by atoms with Gasteiger partial charge in [-0.25, -0.2) is 0 Å². The van der Waals surface area contributed by atoms with Crippen LogP contribution in [0.5, 0.6) is 0 Å². The summed E-state index contributed by atoms with van der Waals surface area (Å²) in [6.45, 7) is 20.4. The van der Waals surface area contributed by atoms with Crippen LogP contribution in [0.1, 0.15) is 61.9 Å². The molecule has 1 radical (unpaired) electrons. The zero-order valence-corrected chi connectivity index (χ0v) is 42.0. The molecule has 0 spiro atoms. The molecular formula is C58H54IrN4OSi-2. The summed E-state index contributed by atoms with van der Waals surface area (Å²) in [5.41, 5.74) is 16.8. The van der Waals surface area contributed by atoms with E-state index in [0.29, 0.717) is 0 Å².